The first-order chi connectivity index (χ1) is 9.56. The fraction of sp³-hybridized carbons (Fsp3) is 0.438. The molecule has 1 aromatic rings. The van der Waals surface area contributed by atoms with Crippen molar-refractivity contribution in [3.05, 3.63) is 35.9 Å². The van der Waals surface area contributed by atoms with E-state index >= 15 is 0 Å². The summed E-state index contributed by atoms with van der Waals surface area (Å²) < 4.78 is 0. The molecule has 4 nitrogen and oxygen atoms in total. The molecule has 0 amide bonds. The minimum absolute atomic E-state index is 0.550. The number of anilines is 1. The molecule has 1 atom stereocenters. The molecule has 1 aliphatic rings. The Kier molecular flexibility index (Phi) is 4.79. The minimum Gasteiger partial charge on any atom is -0.478 e. The average molecular weight is 274 g/mol. The van der Waals surface area contributed by atoms with Crippen molar-refractivity contribution in [1.82, 2.24) is 4.90 Å². The number of carboxylic acid groups (broad SMARTS) is 1. The van der Waals surface area contributed by atoms with Crippen LogP contribution >= 0.6 is 0 Å². The molecule has 0 aliphatic carbocycles. The van der Waals surface area contributed by atoms with Crippen LogP contribution in [0.25, 0.3) is 6.08 Å². The van der Waals surface area contributed by atoms with Gasteiger partial charge in [0, 0.05) is 31.4 Å². The lowest BCUT2D eigenvalue weighted by Crippen LogP contribution is -2.45. The van der Waals surface area contributed by atoms with E-state index in [2.05, 4.69) is 36.0 Å². The summed E-state index contributed by atoms with van der Waals surface area (Å²) in [6, 6.07) is 8.57. The fourth-order valence-electron chi connectivity index (χ4n) is 2.65. The Balaban J connectivity index is 2.03. The van der Waals surface area contributed by atoms with E-state index in [0.29, 0.717) is 6.04 Å². The molecular formula is C16H22N2O2. The van der Waals surface area contributed by atoms with Gasteiger partial charge in [0.15, 0.2) is 0 Å². The second-order valence-electron chi connectivity index (χ2n) is 5.43. The van der Waals surface area contributed by atoms with Crippen LogP contribution in [0.15, 0.2) is 30.3 Å². The van der Waals surface area contributed by atoms with E-state index in [1.165, 1.54) is 25.1 Å². The van der Waals surface area contributed by atoms with Crippen LogP contribution < -0.4 is 4.90 Å². The summed E-state index contributed by atoms with van der Waals surface area (Å²) >= 11 is 0. The molecule has 0 bridgehead atoms. The third-order valence-electron chi connectivity index (χ3n) is 3.87. The Bertz CT molecular complexity index is 482. The summed E-state index contributed by atoms with van der Waals surface area (Å²) in [5.41, 5.74) is 2.09. The Morgan fingerprint density at radius 3 is 2.70 bits per heavy atom. The molecule has 1 N–H and O–H groups in total. The van der Waals surface area contributed by atoms with Crippen LogP contribution in [0.5, 0.6) is 0 Å². The van der Waals surface area contributed by atoms with Crippen LogP contribution in [-0.2, 0) is 4.79 Å². The van der Waals surface area contributed by atoms with E-state index < -0.39 is 5.97 Å². The third-order valence-corrected chi connectivity index (χ3v) is 3.87. The SMILES string of the molecule is CN1CCCC(N(C)c2ccc(C=CC(=O)O)cc2)C1. The Labute approximate surface area is 120 Å². The molecular weight excluding hydrogens is 252 g/mol. The fourth-order valence-corrected chi connectivity index (χ4v) is 2.65. The number of aliphatic carboxylic acids is 1. The number of hydrogen-bond donors (Lipinski definition) is 1. The van der Waals surface area contributed by atoms with Gasteiger partial charge in [-0.1, -0.05) is 12.1 Å². The lowest BCUT2D eigenvalue weighted by molar-refractivity contribution is -0.131. The van der Waals surface area contributed by atoms with Gasteiger partial charge in [-0.15, -0.1) is 0 Å². The lowest BCUT2D eigenvalue weighted by atomic mass is 10.0. The van der Waals surface area contributed by atoms with Crippen molar-refractivity contribution in [3.63, 3.8) is 0 Å². The summed E-state index contributed by atoms with van der Waals surface area (Å²) in [4.78, 5) is 15.2. The van der Waals surface area contributed by atoms with E-state index in [4.69, 9.17) is 5.11 Å². The maximum Gasteiger partial charge on any atom is 0.328 e. The Hall–Kier alpha value is -1.81. The largest absolute Gasteiger partial charge is 0.478 e. The number of likely N-dealkylation sites (tertiary alicyclic amines) is 1. The van der Waals surface area contributed by atoms with Crippen LogP contribution in [0.2, 0.25) is 0 Å². The summed E-state index contributed by atoms with van der Waals surface area (Å²) in [5, 5.41) is 8.61. The van der Waals surface area contributed by atoms with Gasteiger partial charge < -0.3 is 14.9 Å². The summed E-state index contributed by atoms with van der Waals surface area (Å²) in [6.45, 7) is 2.28. The predicted octanol–water partition coefficient (Wildman–Crippen LogP) is 2.31. The van der Waals surface area contributed by atoms with Gasteiger partial charge in [-0.2, -0.15) is 0 Å². The van der Waals surface area contributed by atoms with Crippen molar-refractivity contribution in [2.75, 3.05) is 32.1 Å². The number of carboxylic acids is 1. The summed E-state index contributed by atoms with van der Waals surface area (Å²) in [6.07, 6.45) is 5.24. The molecule has 0 radical (unpaired) electrons. The van der Waals surface area contributed by atoms with Crippen LogP contribution in [0.3, 0.4) is 0 Å². The molecule has 0 aromatic heterocycles. The van der Waals surface area contributed by atoms with Crippen molar-refractivity contribution >= 4 is 17.7 Å². The van der Waals surface area contributed by atoms with Gasteiger partial charge in [-0.3, -0.25) is 0 Å². The molecule has 0 saturated carbocycles. The highest BCUT2D eigenvalue weighted by Gasteiger charge is 2.21. The van der Waals surface area contributed by atoms with Gasteiger partial charge in [-0.25, -0.2) is 4.79 Å². The average Bonchev–Trinajstić information content (AvgIpc) is 2.45. The molecule has 20 heavy (non-hydrogen) atoms. The highest BCUT2D eigenvalue weighted by molar-refractivity contribution is 5.85. The summed E-state index contributed by atoms with van der Waals surface area (Å²) in [5.74, 6) is -0.920. The van der Waals surface area contributed by atoms with Crippen LogP contribution in [0.1, 0.15) is 18.4 Å². The number of carbonyl (C=O) groups is 1. The molecule has 1 aliphatic heterocycles. The van der Waals surface area contributed by atoms with Crippen LogP contribution in [0.4, 0.5) is 5.69 Å². The van der Waals surface area contributed by atoms with E-state index in [-0.39, 0.29) is 0 Å². The zero-order valence-electron chi connectivity index (χ0n) is 12.1. The number of rotatable bonds is 4. The normalized spacial score (nSPS) is 20.2. The minimum atomic E-state index is -0.920. The first-order valence-electron chi connectivity index (χ1n) is 6.98. The Morgan fingerprint density at radius 1 is 1.40 bits per heavy atom. The van der Waals surface area contributed by atoms with Crippen molar-refractivity contribution in [2.24, 2.45) is 0 Å². The first-order valence-corrected chi connectivity index (χ1v) is 6.98. The molecule has 108 valence electrons. The summed E-state index contributed by atoms with van der Waals surface area (Å²) in [7, 11) is 4.30. The van der Waals surface area contributed by atoms with Crippen molar-refractivity contribution < 1.29 is 9.90 Å². The zero-order valence-corrected chi connectivity index (χ0v) is 12.1. The molecule has 2 rings (SSSR count). The highest BCUT2D eigenvalue weighted by Crippen LogP contribution is 2.21. The predicted molar refractivity (Wildman–Crippen MR) is 82.0 cm³/mol. The van der Waals surface area contributed by atoms with Gasteiger partial charge in [-0.05, 0) is 50.2 Å². The van der Waals surface area contributed by atoms with Gasteiger partial charge >= 0.3 is 5.97 Å². The van der Waals surface area contributed by atoms with Crippen LogP contribution in [0, 0.1) is 0 Å². The maximum absolute atomic E-state index is 10.5. The van der Waals surface area contributed by atoms with Gasteiger partial charge in [0.1, 0.15) is 0 Å². The molecule has 1 saturated heterocycles. The third kappa shape index (κ3) is 3.84. The topological polar surface area (TPSA) is 43.8 Å². The van der Waals surface area contributed by atoms with Crippen molar-refractivity contribution in [3.8, 4) is 0 Å². The highest BCUT2D eigenvalue weighted by atomic mass is 16.4. The molecule has 1 aromatic carbocycles. The van der Waals surface area contributed by atoms with E-state index in [0.717, 1.165) is 18.2 Å². The number of piperidine rings is 1. The van der Waals surface area contributed by atoms with E-state index in [1.807, 2.05) is 12.1 Å². The van der Waals surface area contributed by atoms with Crippen LogP contribution in [-0.4, -0.2) is 49.2 Å². The van der Waals surface area contributed by atoms with Gasteiger partial charge in [0.25, 0.3) is 0 Å². The number of likely N-dealkylation sites (N-methyl/N-ethyl adjacent to an activating group) is 2. The Morgan fingerprint density at radius 2 is 2.10 bits per heavy atom. The molecule has 1 fully saturated rings. The number of benzene rings is 1. The molecule has 0 spiro atoms. The smallest absolute Gasteiger partial charge is 0.328 e. The second-order valence-corrected chi connectivity index (χ2v) is 5.43. The van der Waals surface area contributed by atoms with E-state index in [9.17, 15) is 4.79 Å². The van der Waals surface area contributed by atoms with Crippen molar-refractivity contribution in [1.29, 1.82) is 0 Å². The standard InChI is InChI=1S/C16H22N2O2/c1-17-11-3-4-15(12-17)18(2)14-8-5-13(6-9-14)7-10-16(19)20/h5-10,15H,3-4,11-12H2,1-2H3,(H,19,20). The first kappa shape index (κ1) is 14.6. The van der Waals surface area contributed by atoms with Crippen molar-refractivity contribution in [2.45, 2.75) is 18.9 Å². The van der Waals surface area contributed by atoms with Gasteiger partial charge in [0.05, 0.1) is 0 Å². The molecule has 4 heteroatoms. The zero-order chi connectivity index (χ0) is 14.5. The maximum atomic E-state index is 10.5. The number of nitrogens with zero attached hydrogens (tertiary/aromatic N) is 2. The lowest BCUT2D eigenvalue weighted by Gasteiger charge is -2.37. The monoisotopic (exact) mass is 274 g/mol. The molecule has 1 heterocycles. The second kappa shape index (κ2) is 6.57. The van der Waals surface area contributed by atoms with E-state index in [1.54, 1.807) is 6.08 Å². The van der Waals surface area contributed by atoms with Gasteiger partial charge in [0.2, 0.25) is 0 Å². The quantitative estimate of drug-likeness (QED) is 0.856. The molecule has 1 unspecified atom stereocenters. The number of hydrogen-bond acceptors (Lipinski definition) is 3.